The van der Waals surface area contributed by atoms with E-state index >= 15 is 0 Å². The molecule has 0 spiro atoms. The van der Waals surface area contributed by atoms with Crippen molar-refractivity contribution in [2.24, 2.45) is 0 Å². The van der Waals surface area contributed by atoms with Gasteiger partial charge in [0.05, 0.1) is 31.4 Å². The fraction of sp³-hybridized carbons (Fsp3) is 0.524. The first kappa shape index (κ1) is 18.6. The Hall–Kier alpha value is -1.76. The molecular weight excluding hydrogens is 360 g/mol. The highest BCUT2D eigenvalue weighted by atomic mass is 32.1. The van der Waals surface area contributed by atoms with E-state index in [9.17, 15) is 4.79 Å². The number of rotatable bonds is 5. The zero-order valence-corrected chi connectivity index (χ0v) is 16.5. The number of thiazole rings is 1. The smallest absolute Gasteiger partial charge is 0.229 e. The van der Waals surface area contributed by atoms with Crippen LogP contribution in [0.4, 0.5) is 0 Å². The molecule has 0 N–H and O–H groups in total. The van der Waals surface area contributed by atoms with Crippen molar-refractivity contribution in [1.29, 1.82) is 0 Å². The lowest BCUT2D eigenvalue weighted by molar-refractivity contribution is -0.150. The number of ether oxygens (including phenoxy) is 2. The number of piperidine rings is 1. The third-order valence-electron chi connectivity index (χ3n) is 5.32. The molecule has 1 aromatic heterocycles. The summed E-state index contributed by atoms with van der Waals surface area (Å²) in [5, 5.41) is 2.97. The Balaban J connectivity index is 1.43. The minimum atomic E-state index is -0.266. The van der Waals surface area contributed by atoms with Crippen molar-refractivity contribution in [3.05, 3.63) is 40.9 Å². The number of carbonyl (C=O) groups excluding carboxylic acids is 1. The van der Waals surface area contributed by atoms with Crippen LogP contribution >= 0.6 is 11.3 Å². The van der Waals surface area contributed by atoms with Crippen LogP contribution in [0.3, 0.4) is 0 Å². The van der Waals surface area contributed by atoms with Crippen LogP contribution in [0.15, 0.2) is 29.6 Å². The zero-order valence-electron chi connectivity index (χ0n) is 15.7. The Bertz CT molecular complexity index is 768. The van der Waals surface area contributed by atoms with Crippen molar-refractivity contribution in [2.75, 3.05) is 19.8 Å². The lowest BCUT2D eigenvalue weighted by Crippen LogP contribution is -2.50. The molecule has 4 rings (SSSR count). The van der Waals surface area contributed by atoms with Gasteiger partial charge in [0.15, 0.2) is 6.29 Å². The Morgan fingerprint density at radius 1 is 1.22 bits per heavy atom. The van der Waals surface area contributed by atoms with Crippen molar-refractivity contribution < 1.29 is 14.3 Å². The summed E-state index contributed by atoms with van der Waals surface area (Å²) in [6.07, 6.45) is 4.21. The molecule has 0 saturated carbocycles. The van der Waals surface area contributed by atoms with E-state index in [2.05, 4.69) is 31.2 Å². The summed E-state index contributed by atoms with van der Waals surface area (Å²) in [5.74, 6) is 0.122. The number of nitrogens with zero attached hydrogens (tertiary/aromatic N) is 2. The molecular formula is C21H26N2O3S. The second-order valence-electron chi connectivity index (χ2n) is 7.13. The van der Waals surface area contributed by atoms with Crippen molar-refractivity contribution in [2.45, 2.75) is 51.4 Å². The molecule has 27 heavy (non-hydrogen) atoms. The van der Waals surface area contributed by atoms with Gasteiger partial charge in [-0.25, -0.2) is 4.98 Å². The van der Waals surface area contributed by atoms with Crippen molar-refractivity contribution in [3.63, 3.8) is 0 Å². The Morgan fingerprint density at radius 3 is 2.74 bits per heavy atom. The van der Waals surface area contributed by atoms with Crippen molar-refractivity contribution in [3.8, 4) is 10.6 Å². The average Bonchev–Trinajstić information content (AvgIpc) is 3.40. The highest BCUT2D eigenvalue weighted by Gasteiger charge is 2.36. The van der Waals surface area contributed by atoms with Crippen LogP contribution < -0.4 is 0 Å². The second kappa shape index (κ2) is 8.50. The highest BCUT2D eigenvalue weighted by molar-refractivity contribution is 7.13. The van der Waals surface area contributed by atoms with Gasteiger partial charge in [-0.1, -0.05) is 31.2 Å². The molecule has 2 aliphatic rings. The largest absolute Gasteiger partial charge is 0.348 e. The van der Waals surface area contributed by atoms with Gasteiger partial charge in [-0.2, -0.15) is 0 Å². The third-order valence-corrected chi connectivity index (χ3v) is 6.26. The molecule has 0 radical (unpaired) electrons. The van der Waals surface area contributed by atoms with Gasteiger partial charge in [0.25, 0.3) is 0 Å². The van der Waals surface area contributed by atoms with Crippen LogP contribution in [-0.4, -0.2) is 47.9 Å². The number of aromatic nitrogens is 1. The first-order chi connectivity index (χ1) is 13.2. The van der Waals surface area contributed by atoms with Gasteiger partial charge in [0.2, 0.25) is 5.91 Å². The summed E-state index contributed by atoms with van der Waals surface area (Å²) in [6, 6.07) is 8.54. The number of aryl methyl sites for hydroxylation is 1. The maximum absolute atomic E-state index is 12.9. The van der Waals surface area contributed by atoms with E-state index in [1.165, 1.54) is 5.56 Å². The van der Waals surface area contributed by atoms with E-state index in [4.69, 9.17) is 14.5 Å². The zero-order chi connectivity index (χ0) is 18.6. The lowest BCUT2D eigenvalue weighted by atomic mass is 10.0. The van der Waals surface area contributed by atoms with E-state index in [1.54, 1.807) is 11.3 Å². The summed E-state index contributed by atoms with van der Waals surface area (Å²) >= 11 is 1.60. The molecule has 2 saturated heterocycles. The van der Waals surface area contributed by atoms with Gasteiger partial charge in [-0.15, -0.1) is 11.3 Å². The number of hydrogen-bond donors (Lipinski definition) is 0. The quantitative estimate of drug-likeness (QED) is 0.787. The van der Waals surface area contributed by atoms with Gasteiger partial charge in [-0.05, 0) is 31.2 Å². The van der Waals surface area contributed by atoms with Crippen LogP contribution in [0.1, 0.15) is 37.4 Å². The summed E-state index contributed by atoms with van der Waals surface area (Å²) in [5.41, 5.74) is 3.27. The molecule has 144 valence electrons. The Morgan fingerprint density at radius 2 is 2.00 bits per heavy atom. The van der Waals surface area contributed by atoms with Crippen LogP contribution in [0.25, 0.3) is 10.6 Å². The number of benzene rings is 1. The first-order valence-electron chi connectivity index (χ1n) is 9.81. The number of likely N-dealkylation sites (tertiary alicyclic amines) is 1. The topological polar surface area (TPSA) is 51.7 Å². The Kier molecular flexibility index (Phi) is 5.86. The molecule has 2 fully saturated rings. The van der Waals surface area contributed by atoms with Gasteiger partial charge in [0, 0.05) is 17.5 Å². The predicted octanol–water partition coefficient (Wildman–Crippen LogP) is 3.67. The summed E-state index contributed by atoms with van der Waals surface area (Å²) in [7, 11) is 0. The van der Waals surface area contributed by atoms with Crippen molar-refractivity contribution in [1.82, 2.24) is 9.88 Å². The molecule has 2 aromatic rings. The SMILES string of the molecule is CCc1ccc(-c2nc(CC(=O)N3CCCCC3C3OCCO3)cs2)cc1. The van der Waals surface area contributed by atoms with Gasteiger partial charge < -0.3 is 14.4 Å². The van der Waals surface area contributed by atoms with Crippen LogP contribution in [-0.2, 0) is 27.1 Å². The number of amides is 1. The average molecular weight is 387 g/mol. The molecule has 1 atom stereocenters. The van der Waals surface area contributed by atoms with Crippen LogP contribution in [0.2, 0.25) is 0 Å². The fourth-order valence-electron chi connectivity index (χ4n) is 3.81. The van der Waals surface area contributed by atoms with Crippen LogP contribution in [0, 0.1) is 0 Å². The molecule has 3 heterocycles. The van der Waals surface area contributed by atoms with Gasteiger partial charge >= 0.3 is 0 Å². The van der Waals surface area contributed by atoms with Crippen LogP contribution in [0.5, 0.6) is 0 Å². The lowest BCUT2D eigenvalue weighted by Gasteiger charge is -2.38. The van der Waals surface area contributed by atoms with E-state index in [0.29, 0.717) is 19.6 Å². The van der Waals surface area contributed by atoms with Gasteiger partial charge in [0.1, 0.15) is 5.01 Å². The van der Waals surface area contributed by atoms with E-state index in [0.717, 1.165) is 48.5 Å². The number of carbonyl (C=O) groups is 1. The molecule has 6 heteroatoms. The molecule has 1 amide bonds. The standard InChI is InChI=1S/C21H26N2O3S/c1-2-15-6-8-16(9-7-15)20-22-17(14-27-20)13-19(24)23-10-4-3-5-18(23)21-25-11-12-26-21/h6-9,14,18,21H,2-5,10-13H2,1H3. The molecule has 0 aliphatic carbocycles. The molecule has 2 aliphatic heterocycles. The minimum Gasteiger partial charge on any atom is -0.348 e. The second-order valence-corrected chi connectivity index (χ2v) is 7.99. The third kappa shape index (κ3) is 4.23. The maximum Gasteiger partial charge on any atom is 0.229 e. The normalized spacial score (nSPS) is 20.9. The molecule has 5 nitrogen and oxygen atoms in total. The number of hydrogen-bond acceptors (Lipinski definition) is 5. The van der Waals surface area contributed by atoms with Gasteiger partial charge in [-0.3, -0.25) is 4.79 Å². The Labute approximate surface area is 164 Å². The van der Waals surface area contributed by atoms with E-state index in [-0.39, 0.29) is 18.2 Å². The predicted molar refractivity (Wildman–Crippen MR) is 106 cm³/mol. The highest BCUT2D eigenvalue weighted by Crippen LogP contribution is 2.27. The monoisotopic (exact) mass is 386 g/mol. The molecule has 1 aromatic carbocycles. The molecule has 0 bridgehead atoms. The maximum atomic E-state index is 12.9. The van der Waals surface area contributed by atoms with Crippen molar-refractivity contribution >= 4 is 17.2 Å². The van der Waals surface area contributed by atoms with E-state index < -0.39 is 0 Å². The summed E-state index contributed by atoms with van der Waals surface area (Å²) in [6.45, 7) is 4.17. The fourth-order valence-corrected chi connectivity index (χ4v) is 4.63. The molecule has 1 unspecified atom stereocenters. The summed E-state index contributed by atoms with van der Waals surface area (Å²) in [4.78, 5) is 19.6. The van der Waals surface area contributed by atoms with E-state index in [1.807, 2.05) is 10.3 Å². The summed E-state index contributed by atoms with van der Waals surface area (Å²) < 4.78 is 11.3. The minimum absolute atomic E-state index is 0.0356. The first-order valence-corrected chi connectivity index (χ1v) is 10.7.